The third kappa shape index (κ3) is 2.76. The Hall–Kier alpha value is -2.57. The molecule has 0 spiro atoms. The van der Waals surface area contributed by atoms with Crippen LogP contribution in [0.3, 0.4) is 0 Å². The van der Waals surface area contributed by atoms with Gasteiger partial charge < -0.3 is 19.8 Å². The Morgan fingerprint density at radius 1 is 1.39 bits per heavy atom. The van der Waals surface area contributed by atoms with Crippen LogP contribution >= 0.6 is 0 Å². The van der Waals surface area contributed by atoms with E-state index in [-0.39, 0.29) is 11.5 Å². The van der Waals surface area contributed by atoms with Crippen molar-refractivity contribution in [2.24, 2.45) is 0 Å². The zero-order valence-electron chi connectivity index (χ0n) is 9.34. The third-order valence-corrected chi connectivity index (χ3v) is 2.28. The number of aromatic nitrogens is 2. The summed E-state index contributed by atoms with van der Waals surface area (Å²) >= 11 is 0. The summed E-state index contributed by atoms with van der Waals surface area (Å²) in [5.74, 6) is -1.92. The van der Waals surface area contributed by atoms with Crippen LogP contribution in [0.1, 0.15) is 26.8 Å². The van der Waals surface area contributed by atoms with Gasteiger partial charge in [0.2, 0.25) is 5.76 Å². The fraction of sp³-hybridized carbons (Fsp3) is 0.182. The van der Waals surface area contributed by atoms with E-state index in [1.165, 1.54) is 12.1 Å². The number of aromatic amines is 1. The molecule has 0 saturated carbocycles. The topological polar surface area (TPSA) is 108 Å². The van der Waals surface area contributed by atoms with Gasteiger partial charge in [-0.1, -0.05) is 0 Å². The standard InChI is InChI=1S/C11H11N3O4/c15-10(8-1-2-9(18-8)11(16)17)13-4-3-7-5-12-6-14-7/h1-2,5-6H,3-4H2,(H,12,14)(H,13,15)(H,16,17). The molecule has 2 heterocycles. The number of nitrogens with one attached hydrogen (secondary N) is 2. The molecule has 0 aliphatic rings. The Morgan fingerprint density at radius 3 is 2.78 bits per heavy atom. The van der Waals surface area contributed by atoms with Gasteiger partial charge in [0.05, 0.1) is 6.33 Å². The van der Waals surface area contributed by atoms with Crippen molar-refractivity contribution in [1.82, 2.24) is 15.3 Å². The fourth-order valence-corrected chi connectivity index (χ4v) is 1.39. The highest BCUT2D eigenvalue weighted by Crippen LogP contribution is 2.07. The molecule has 7 heteroatoms. The lowest BCUT2D eigenvalue weighted by Crippen LogP contribution is -2.25. The van der Waals surface area contributed by atoms with Crippen LogP contribution in [0.4, 0.5) is 0 Å². The van der Waals surface area contributed by atoms with Gasteiger partial charge in [-0.25, -0.2) is 9.78 Å². The number of carboxylic acid groups (broad SMARTS) is 1. The molecular weight excluding hydrogens is 238 g/mol. The van der Waals surface area contributed by atoms with Crippen LogP contribution in [0.5, 0.6) is 0 Å². The molecule has 0 unspecified atom stereocenters. The van der Waals surface area contributed by atoms with Gasteiger partial charge >= 0.3 is 5.97 Å². The summed E-state index contributed by atoms with van der Waals surface area (Å²) in [6.45, 7) is 0.407. The van der Waals surface area contributed by atoms with Crippen molar-refractivity contribution in [1.29, 1.82) is 0 Å². The van der Waals surface area contributed by atoms with E-state index in [4.69, 9.17) is 9.52 Å². The lowest BCUT2D eigenvalue weighted by molar-refractivity contribution is 0.0659. The lowest BCUT2D eigenvalue weighted by atomic mass is 10.3. The number of carbonyl (C=O) groups excluding carboxylic acids is 1. The number of rotatable bonds is 5. The molecule has 0 bridgehead atoms. The highest BCUT2D eigenvalue weighted by molar-refractivity contribution is 5.93. The van der Waals surface area contributed by atoms with Crippen molar-refractivity contribution in [3.63, 3.8) is 0 Å². The average Bonchev–Trinajstić information content (AvgIpc) is 2.99. The molecule has 94 valence electrons. The lowest BCUT2D eigenvalue weighted by Gasteiger charge is -2.01. The number of hydrogen-bond acceptors (Lipinski definition) is 4. The Kier molecular flexibility index (Phi) is 3.42. The predicted octanol–water partition coefficient (Wildman–Crippen LogP) is 0.673. The molecule has 3 N–H and O–H groups in total. The third-order valence-electron chi connectivity index (χ3n) is 2.28. The number of carboxylic acids is 1. The first-order valence-corrected chi connectivity index (χ1v) is 5.25. The second kappa shape index (κ2) is 5.17. The van der Waals surface area contributed by atoms with Crippen LogP contribution in [0.25, 0.3) is 0 Å². The molecule has 0 atom stereocenters. The number of hydrogen-bond donors (Lipinski definition) is 3. The predicted molar refractivity (Wildman–Crippen MR) is 60.3 cm³/mol. The van der Waals surface area contributed by atoms with E-state index >= 15 is 0 Å². The van der Waals surface area contributed by atoms with Gasteiger partial charge in [0.1, 0.15) is 0 Å². The minimum atomic E-state index is -1.20. The largest absolute Gasteiger partial charge is 0.475 e. The Labute approximate surface area is 102 Å². The highest BCUT2D eigenvalue weighted by Gasteiger charge is 2.14. The summed E-state index contributed by atoms with van der Waals surface area (Å²) in [5, 5.41) is 11.3. The number of furan rings is 1. The van der Waals surface area contributed by atoms with Crippen LogP contribution < -0.4 is 5.32 Å². The molecule has 0 fully saturated rings. The Bertz CT molecular complexity index is 544. The van der Waals surface area contributed by atoms with Gasteiger partial charge in [-0.15, -0.1) is 0 Å². The number of carbonyl (C=O) groups is 2. The quantitative estimate of drug-likeness (QED) is 0.721. The number of nitrogens with zero attached hydrogens (tertiary/aromatic N) is 1. The second-order valence-electron chi connectivity index (χ2n) is 3.55. The summed E-state index contributed by atoms with van der Waals surface area (Å²) < 4.78 is 4.86. The van der Waals surface area contributed by atoms with Crippen LogP contribution in [-0.4, -0.2) is 33.5 Å². The van der Waals surface area contributed by atoms with Crippen molar-refractivity contribution in [3.8, 4) is 0 Å². The second-order valence-corrected chi connectivity index (χ2v) is 3.55. The number of H-pyrrole nitrogens is 1. The molecule has 7 nitrogen and oxygen atoms in total. The van der Waals surface area contributed by atoms with Crippen LogP contribution in [-0.2, 0) is 6.42 Å². The number of aromatic carboxylic acids is 1. The van der Waals surface area contributed by atoms with Gasteiger partial charge in [0.15, 0.2) is 5.76 Å². The minimum absolute atomic E-state index is 0.0167. The van der Waals surface area contributed by atoms with Gasteiger partial charge in [0, 0.05) is 24.9 Å². The summed E-state index contributed by atoms with van der Waals surface area (Å²) in [6, 6.07) is 2.57. The van der Waals surface area contributed by atoms with E-state index in [9.17, 15) is 9.59 Å². The fourth-order valence-electron chi connectivity index (χ4n) is 1.39. The van der Waals surface area contributed by atoms with Gasteiger partial charge in [-0.05, 0) is 12.1 Å². The van der Waals surface area contributed by atoms with Crippen molar-refractivity contribution < 1.29 is 19.1 Å². The van der Waals surface area contributed by atoms with Crippen molar-refractivity contribution in [2.75, 3.05) is 6.54 Å². The van der Waals surface area contributed by atoms with Crippen molar-refractivity contribution in [2.45, 2.75) is 6.42 Å². The van der Waals surface area contributed by atoms with Crippen LogP contribution in [0, 0.1) is 0 Å². The van der Waals surface area contributed by atoms with E-state index < -0.39 is 11.9 Å². The van der Waals surface area contributed by atoms with Crippen LogP contribution in [0.15, 0.2) is 29.1 Å². The maximum atomic E-state index is 11.6. The maximum Gasteiger partial charge on any atom is 0.371 e. The van der Waals surface area contributed by atoms with Crippen molar-refractivity contribution >= 4 is 11.9 Å². The summed E-state index contributed by atoms with van der Waals surface area (Å²) in [5.41, 5.74) is 0.904. The molecule has 0 radical (unpaired) electrons. The highest BCUT2D eigenvalue weighted by atomic mass is 16.4. The Morgan fingerprint density at radius 2 is 2.17 bits per heavy atom. The van der Waals surface area contributed by atoms with E-state index in [2.05, 4.69) is 15.3 Å². The van der Waals surface area contributed by atoms with E-state index in [0.717, 1.165) is 5.69 Å². The molecule has 2 rings (SSSR count). The molecule has 0 aromatic carbocycles. The zero-order valence-corrected chi connectivity index (χ0v) is 9.34. The molecule has 1 amide bonds. The number of imidazole rings is 1. The van der Waals surface area contributed by atoms with E-state index in [1.807, 2.05) is 0 Å². The normalized spacial score (nSPS) is 10.2. The molecule has 2 aromatic rings. The molecule has 18 heavy (non-hydrogen) atoms. The Balaban J connectivity index is 1.85. The van der Waals surface area contributed by atoms with Gasteiger partial charge in [0.25, 0.3) is 5.91 Å². The molecular formula is C11H11N3O4. The molecule has 0 aliphatic carbocycles. The van der Waals surface area contributed by atoms with Crippen molar-refractivity contribution in [3.05, 3.63) is 41.9 Å². The van der Waals surface area contributed by atoms with Gasteiger partial charge in [-0.3, -0.25) is 4.79 Å². The van der Waals surface area contributed by atoms with E-state index in [1.54, 1.807) is 12.5 Å². The smallest absolute Gasteiger partial charge is 0.371 e. The minimum Gasteiger partial charge on any atom is -0.475 e. The SMILES string of the molecule is O=C(O)c1ccc(C(=O)NCCc2cnc[nH]2)o1. The zero-order chi connectivity index (χ0) is 13.0. The summed E-state index contributed by atoms with van der Waals surface area (Å²) in [6.07, 6.45) is 3.84. The monoisotopic (exact) mass is 249 g/mol. The summed E-state index contributed by atoms with van der Waals surface area (Å²) in [7, 11) is 0. The first-order valence-electron chi connectivity index (χ1n) is 5.25. The average molecular weight is 249 g/mol. The number of amides is 1. The maximum absolute atomic E-state index is 11.6. The first-order chi connectivity index (χ1) is 8.66. The summed E-state index contributed by atoms with van der Waals surface area (Å²) in [4.78, 5) is 28.9. The van der Waals surface area contributed by atoms with E-state index in [0.29, 0.717) is 13.0 Å². The first kappa shape index (κ1) is 11.9. The molecule has 2 aromatic heterocycles. The molecule has 0 saturated heterocycles. The van der Waals surface area contributed by atoms with Gasteiger partial charge in [-0.2, -0.15) is 0 Å². The molecule has 0 aliphatic heterocycles. The van der Waals surface area contributed by atoms with Crippen LogP contribution in [0.2, 0.25) is 0 Å².